The Balaban J connectivity index is 2.46. The van der Waals surface area contributed by atoms with E-state index in [1.54, 1.807) is 0 Å². The molecule has 20 heavy (non-hydrogen) atoms. The van der Waals surface area contributed by atoms with Crippen molar-refractivity contribution in [3.05, 3.63) is 12.7 Å². The van der Waals surface area contributed by atoms with Gasteiger partial charge in [-0.05, 0) is 19.4 Å². The number of aliphatic hydroxyl groups is 1. The van der Waals surface area contributed by atoms with E-state index in [9.17, 15) is 23.5 Å². The number of nitrogens with one attached hydrogen (secondary N) is 1. The molecule has 0 bridgehead atoms. The first-order chi connectivity index (χ1) is 9.17. The first-order valence-corrected chi connectivity index (χ1v) is 6.51. The Labute approximate surface area is 118 Å². The van der Waals surface area contributed by atoms with Gasteiger partial charge in [-0.3, -0.25) is 4.79 Å². The van der Waals surface area contributed by atoms with Crippen molar-refractivity contribution in [1.82, 2.24) is 5.32 Å². The number of hydrogen-bond donors (Lipinski definition) is 2. The number of rotatable bonds is 5. The predicted molar refractivity (Wildman–Crippen MR) is 65.3 cm³/mol. The molecule has 0 aromatic rings. The molecular formula is C12H14ClF2NO4. The zero-order valence-corrected chi connectivity index (χ0v) is 11.4. The summed E-state index contributed by atoms with van der Waals surface area (Å²) in [5, 5.41) is 12.1. The molecule has 0 saturated carbocycles. The predicted octanol–water partition coefficient (Wildman–Crippen LogP) is 0.598. The summed E-state index contributed by atoms with van der Waals surface area (Å²) in [5.41, 5.74) is -3.72. The molecule has 5 nitrogen and oxygen atoms in total. The minimum absolute atomic E-state index is 0.0925. The Morgan fingerprint density at radius 2 is 2.25 bits per heavy atom. The maximum absolute atomic E-state index is 13.7. The van der Waals surface area contributed by atoms with E-state index in [0.29, 0.717) is 0 Å². The van der Waals surface area contributed by atoms with Crippen molar-refractivity contribution in [1.29, 1.82) is 0 Å². The number of ether oxygens (including phenoxy) is 1. The van der Waals surface area contributed by atoms with E-state index in [1.165, 1.54) is 6.92 Å². The van der Waals surface area contributed by atoms with Crippen LogP contribution in [0, 0.1) is 5.92 Å². The molecule has 2 aliphatic rings. The number of amides is 1. The number of carbonyl (C=O) groups excluding carboxylic acids is 2. The van der Waals surface area contributed by atoms with E-state index < -0.39 is 41.0 Å². The fourth-order valence-corrected chi connectivity index (χ4v) is 3.15. The van der Waals surface area contributed by atoms with Crippen LogP contribution in [-0.2, 0) is 14.3 Å². The van der Waals surface area contributed by atoms with Crippen molar-refractivity contribution < 1.29 is 28.2 Å². The number of esters is 1. The van der Waals surface area contributed by atoms with E-state index in [-0.39, 0.29) is 18.4 Å². The fraction of sp³-hybridized carbons (Fsp3) is 0.667. The van der Waals surface area contributed by atoms with Crippen LogP contribution in [-0.4, -0.2) is 46.0 Å². The fourth-order valence-electron chi connectivity index (χ4n) is 2.93. The third-order valence-corrected chi connectivity index (χ3v) is 4.37. The van der Waals surface area contributed by atoms with Crippen LogP contribution in [0.4, 0.5) is 8.78 Å². The van der Waals surface area contributed by atoms with Crippen LogP contribution < -0.4 is 5.32 Å². The molecule has 2 saturated heterocycles. The van der Waals surface area contributed by atoms with Crippen LogP contribution in [0.25, 0.3) is 0 Å². The highest BCUT2D eigenvalue weighted by Crippen LogP contribution is 2.53. The van der Waals surface area contributed by atoms with Gasteiger partial charge in [0.2, 0.25) is 11.4 Å². The molecule has 2 heterocycles. The molecule has 0 aromatic heterocycles. The molecule has 0 radical (unpaired) electrons. The van der Waals surface area contributed by atoms with Gasteiger partial charge in [-0.25, -0.2) is 4.79 Å². The van der Waals surface area contributed by atoms with Crippen LogP contribution in [0.1, 0.15) is 13.3 Å². The van der Waals surface area contributed by atoms with Gasteiger partial charge in [-0.15, -0.1) is 11.6 Å². The van der Waals surface area contributed by atoms with E-state index in [4.69, 9.17) is 16.3 Å². The van der Waals surface area contributed by atoms with Crippen molar-refractivity contribution in [2.24, 2.45) is 5.92 Å². The summed E-state index contributed by atoms with van der Waals surface area (Å²) in [6.45, 7) is 4.27. The lowest BCUT2D eigenvalue weighted by Crippen LogP contribution is -2.81. The lowest BCUT2D eigenvalue weighted by molar-refractivity contribution is -0.252. The van der Waals surface area contributed by atoms with E-state index >= 15 is 0 Å². The second-order valence-electron chi connectivity index (χ2n) is 5.11. The van der Waals surface area contributed by atoms with Crippen LogP contribution in [0.5, 0.6) is 0 Å². The number of fused-ring (bicyclic) bond motifs is 1. The highest BCUT2D eigenvalue weighted by Gasteiger charge is 2.81. The Morgan fingerprint density at radius 1 is 1.65 bits per heavy atom. The molecule has 0 aliphatic carbocycles. The molecule has 2 fully saturated rings. The molecule has 4 atom stereocenters. The smallest absolute Gasteiger partial charge is 0.339 e. The van der Waals surface area contributed by atoms with Gasteiger partial charge in [0.1, 0.15) is 0 Å². The molecule has 0 unspecified atom stereocenters. The zero-order valence-electron chi connectivity index (χ0n) is 10.7. The average molecular weight is 310 g/mol. The molecular weight excluding hydrogens is 296 g/mol. The van der Waals surface area contributed by atoms with Gasteiger partial charge in [0.15, 0.2) is 11.7 Å². The largest absolute Gasteiger partial charge is 0.453 e. The number of halogens is 3. The molecule has 8 heteroatoms. The average Bonchev–Trinajstić information content (AvgIpc) is 2.56. The summed E-state index contributed by atoms with van der Waals surface area (Å²) >= 11 is 5.58. The van der Waals surface area contributed by atoms with Crippen molar-refractivity contribution >= 4 is 23.5 Å². The van der Waals surface area contributed by atoms with Gasteiger partial charge in [-0.2, -0.15) is 8.78 Å². The van der Waals surface area contributed by atoms with Crippen molar-refractivity contribution in [2.75, 3.05) is 5.88 Å². The summed E-state index contributed by atoms with van der Waals surface area (Å²) in [5.74, 6) is -6.26. The van der Waals surface area contributed by atoms with Gasteiger partial charge in [0.25, 0.3) is 5.92 Å². The summed E-state index contributed by atoms with van der Waals surface area (Å²) in [4.78, 5) is 23.7. The summed E-state index contributed by atoms with van der Waals surface area (Å²) in [6, 6.07) is 0. The van der Waals surface area contributed by atoms with E-state index in [0.717, 1.165) is 0 Å². The zero-order chi connectivity index (χ0) is 15.3. The normalized spacial score (nSPS) is 37.5. The molecule has 2 rings (SSSR count). The van der Waals surface area contributed by atoms with Crippen LogP contribution >= 0.6 is 11.6 Å². The number of hydrogen-bond acceptors (Lipinski definition) is 4. The SMILES string of the molecule is C=CC(F)(F)[C@H](O)[C@@]12NC(=O)[C@H](CCCl)[C@]1(C)OC2=O. The highest BCUT2D eigenvalue weighted by molar-refractivity contribution is 6.18. The Bertz CT molecular complexity index is 486. The summed E-state index contributed by atoms with van der Waals surface area (Å²) in [7, 11) is 0. The van der Waals surface area contributed by atoms with E-state index in [2.05, 4.69) is 11.9 Å². The molecule has 112 valence electrons. The van der Waals surface area contributed by atoms with Gasteiger partial charge in [-0.1, -0.05) is 6.58 Å². The maximum atomic E-state index is 13.7. The first-order valence-electron chi connectivity index (χ1n) is 5.98. The van der Waals surface area contributed by atoms with Crippen LogP contribution in [0.2, 0.25) is 0 Å². The quantitative estimate of drug-likeness (QED) is 0.443. The van der Waals surface area contributed by atoms with Crippen molar-refractivity contribution in [3.8, 4) is 0 Å². The Kier molecular flexibility index (Phi) is 3.33. The third kappa shape index (κ3) is 1.56. The lowest BCUT2D eigenvalue weighted by Gasteiger charge is -2.53. The van der Waals surface area contributed by atoms with Gasteiger partial charge in [0, 0.05) is 5.88 Å². The van der Waals surface area contributed by atoms with Crippen LogP contribution in [0.3, 0.4) is 0 Å². The highest BCUT2D eigenvalue weighted by atomic mass is 35.5. The van der Waals surface area contributed by atoms with Crippen molar-refractivity contribution in [2.45, 2.75) is 36.5 Å². The van der Waals surface area contributed by atoms with E-state index in [1.807, 2.05) is 0 Å². The minimum Gasteiger partial charge on any atom is -0.453 e. The molecule has 2 N–H and O–H groups in total. The minimum atomic E-state index is -3.75. The monoisotopic (exact) mass is 309 g/mol. The molecule has 0 spiro atoms. The summed E-state index contributed by atoms with van der Waals surface area (Å²) in [6.07, 6.45) is -2.08. The van der Waals surface area contributed by atoms with Crippen molar-refractivity contribution in [3.63, 3.8) is 0 Å². The molecule has 2 aliphatic heterocycles. The maximum Gasteiger partial charge on any atom is 0.339 e. The Hall–Kier alpha value is -1.21. The summed E-state index contributed by atoms with van der Waals surface area (Å²) < 4.78 is 32.3. The third-order valence-electron chi connectivity index (χ3n) is 4.16. The van der Waals surface area contributed by atoms with Crippen LogP contribution in [0.15, 0.2) is 12.7 Å². The number of alkyl halides is 3. The molecule has 0 aromatic carbocycles. The van der Waals surface area contributed by atoms with Gasteiger partial charge < -0.3 is 15.2 Å². The topological polar surface area (TPSA) is 75.6 Å². The number of carbonyl (C=O) groups is 2. The second-order valence-corrected chi connectivity index (χ2v) is 5.48. The second kappa shape index (κ2) is 4.39. The lowest BCUT2D eigenvalue weighted by atomic mass is 9.67. The standard InChI is InChI=1S/C12H14ClF2NO4/c1-3-11(14,15)8(18)12-9(19)20-10(12,2)6(4-5-13)7(17)16-12/h3,6,8,18H,1,4-5H2,2H3,(H,16,17)/t6-,8-,10-,12-/m0/s1. The number of aliphatic hydroxyl groups excluding tert-OH is 1. The first kappa shape index (κ1) is 15.2. The van der Waals surface area contributed by atoms with Gasteiger partial charge >= 0.3 is 5.97 Å². The Morgan fingerprint density at radius 3 is 2.70 bits per heavy atom. The van der Waals surface area contributed by atoms with Gasteiger partial charge in [0.05, 0.1) is 5.92 Å². The molecule has 1 amide bonds.